The minimum absolute atomic E-state index is 0.179. The molecule has 58 heavy (non-hydrogen) atoms. The number of nitrogens with zero attached hydrogens (tertiary/aromatic N) is 1. The second-order valence-corrected chi connectivity index (χ2v) is 18.4. The summed E-state index contributed by atoms with van der Waals surface area (Å²) in [6.07, 6.45) is 15.0. The van der Waals surface area contributed by atoms with E-state index in [2.05, 4.69) is 140 Å². The summed E-state index contributed by atoms with van der Waals surface area (Å²) >= 11 is 0. The van der Waals surface area contributed by atoms with Crippen molar-refractivity contribution in [3.8, 4) is 0 Å². The molecule has 2 heterocycles. The van der Waals surface area contributed by atoms with Gasteiger partial charge in [0, 0.05) is 43.3 Å². The number of hydrogen-bond acceptors (Lipinski definition) is 6. The predicted octanol–water partition coefficient (Wildman–Crippen LogP) is 9.72. The Kier molecular flexibility index (Phi) is 15.6. The zero-order chi connectivity index (χ0) is 41.1. The first-order valence-electron chi connectivity index (χ1n) is 22.1. The van der Waals surface area contributed by atoms with E-state index in [1.54, 1.807) is 0 Å². The van der Waals surface area contributed by atoms with Crippen LogP contribution in [0.1, 0.15) is 103 Å². The van der Waals surface area contributed by atoms with Crippen molar-refractivity contribution < 1.29 is 9.53 Å². The Labute approximate surface area is 350 Å². The molecule has 2 saturated heterocycles. The summed E-state index contributed by atoms with van der Waals surface area (Å²) in [7, 11) is 0. The fraction of sp³-hybridized carbons (Fsp3) is 0.510. The maximum Gasteiger partial charge on any atom is 0.410 e. The maximum atomic E-state index is 12.1. The van der Waals surface area contributed by atoms with Gasteiger partial charge in [0.2, 0.25) is 0 Å². The molecule has 1 amide bonds. The van der Waals surface area contributed by atoms with Crippen LogP contribution < -0.4 is 21.7 Å². The third-order valence-corrected chi connectivity index (χ3v) is 12.1. The van der Waals surface area contributed by atoms with Gasteiger partial charge in [0.25, 0.3) is 0 Å². The van der Waals surface area contributed by atoms with Gasteiger partial charge in [-0.05, 0) is 134 Å². The first kappa shape index (κ1) is 43.6. The van der Waals surface area contributed by atoms with Crippen molar-refractivity contribution in [3.63, 3.8) is 0 Å². The Bertz CT molecular complexity index is 1800. The van der Waals surface area contributed by atoms with E-state index in [0.29, 0.717) is 30.0 Å². The van der Waals surface area contributed by atoms with Gasteiger partial charge >= 0.3 is 6.09 Å². The summed E-state index contributed by atoms with van der Waals surface area (Å²) in [4.78, 5) is 14.0. The van der Waals surface area contributed by atoms with Crippen molar-refractivity contribution in [1.82, 2.24) is 20.9 Å². The molecular weight excluding hydrogens is 715 g/mol. The van der Waals surface area contributed by atoms with Gasteiger partial charge in [-0.3, -0.25) is 0 Å². The number of carbonyl (C=O) groups is 1. The number of likely N-dealkylation sites (tertiary alicyclic amines) is 1. The van der Waals surface area contributed by atoms with Crippen molar-refractivity contribution in [1.29, 1.82) is 0 Å². The molecule has 312 valence electrons. The summed E-state index contributed by atoms with van der Waals surface area (Å²) in [5.41, 5.74) is 13.6. The smallest absolute Gasteiger partial charge is 0.410 e. The van der Waals surface area contributed by atoms with Gasteiger partial charge in [-0.1, -0.05) is 126 Å². The Morgan fingerprint density at radius 2 is 1.02 bits per heavy atom. The average molecular weight is 786 g/mol. The summed E-state index contributed by atoms with van der Waals surface area (Å²) in [5, 5.41) is 11.1. The molecule has 3 aliphatic carbocycles. The van der Waals surface area contributed by atoms with Crippen LogP contribution in [0.5, 0.6) is 0 Å². The van der Waals surface area contributed by atoms with Crippen LogP contribution in [0.15, 0.2) is 108 Å². The molecule has 8 rings (SSSR count). The zero-order valence-electron chi connectivity index (χ0n) is 36.1. The Hall–Kier alpha value is -4.01. The van der Waals surface area contributed by atoms with Crippen molar-refractivity contribution in [2.75, 3.05) is 26.2 Å². The molecular formula is C51H71N5O2. The molecule has 3 saturated carbocycles. The lowest BCUT2D eigenvalue weighted by atomic mass is 10.0. The van der Waals surface area contributed by atoms with Gasteiger partial charge in [0.05, 0.1) is 0 Å². The monoisotopic (exact) mass is 786 g/mol. The van der Waals surface area contributed by atoms with E-state index < -0.39 is 5.60 Å². The van der Waals surface area contributed by atoms with Gasteiger partial charge < -0.3 is 31.3 Å². The molecule has 6 unspecified atom stereocenters. The summed E-state index contributed by atoms with van der Waals surface area (Å²) in [6.45, 7) is 16.3. The first-order valence-corrected chi connectivity index (χ1v) is 22.1. The highest BCUT2D eigenvalue weighted by atomic mass is 16.6. The van der Waals surface area contributed by atoms with E-state index in [9.17, 15) is 4.79 Å². The number of nitrogens with two attached hydrogens (primary N) is 1. The lowest BCUT2D eigenvalue weighted by molar-refractivity contribution is 0.0198. The number of ether oxygens (including phenoxy) is 1. The quantitative estimate of drug-likeness (QED) is 0.164. The third-order valence-electron chi connectivity index (χ3n) is 12.1. The molecule has 7 nitrogen and oxygen atoms in total. The molecule has 0 spiro atoms. The Balaban J connectivity index is 0.000000155. The topological polar surface area (TPSA) is 91.7 Å². The first-order chi connectivity index (χ1) is 27.9. The number of amides is 1. The Morgan fingerprint density at radius 1 is 0.638 bits per heavy atom. The molecule has 0 aromatic heterocycles. The number of benzene rings is 3. The summed E-state index contributed by atoms with van der Waals surface area (Å²) < 4.78 is 5.47. The number of nitrogens with one attached hydrogen (secondary N) is 3. The molecule has 5 aliphatic rings. The van der Waals surface area contributed by atoms with Crippen LogP contribution in [-0.4, -0.2) is 73.0 Å². The van der Waals surface area contributed by atoms with Crippen molar-refractivity contribution in [2.45, 2.75) is 122 Å². The van der Waals surface area contributed by atoms with Crippen LogP contribution in [0.2, 0.25) is 0 Å². The summed E-state index contributed by atoms with van der Waals surface area (Å²) in [6, 6.07) is 34.6. The molecule has 3 aromatic rings. The standard InChI is InChI=1S/C22H32N2O2.C17H24N2.C12H15N/c1-16(14-17-8-6-5-7-9-17)19-15-20(19)23-18-10-12-24(13-11-18)21(25)26-22(2,3)4;1-13(11-14-5-3-2-4-6-14)16-12-17(16)19-15-7-9-18-10-8-15;1-9(11-8-12(11)13)7-10-5-3-2-4-6-10/h5-9,14,18-20,23H,10-13,15H2,1-4H3;2-6,11,15-19H,7-10,12H2,1H3;2-7,11-12H,8,13H2,1H3/b16-14+;13-11+;9-7+. The lowest BCUT2D eigenvalue weighted by Crippen LogP contribution is -2.47. The van der Waals surface area contributed by atoms with E-state index in [4.69, 9.17) is 10.5 Å². The van der Waals surface area contributed by atoms with Crippen molar-refractivity contribution in [2.24, 2.45) is 23.5 Å². The van der Waals surface area contributed by atoms with Crippen molar-refractivity contribution in [3.05, 3.63) is 124 Å². The van der Waals surface area contributed by atoms with Gasteiger partial charge in [-0.15, -0.1) is 0 Å². The van der Waals surface area contributed by atoms with Gasteiger partial charge in [-0.2, -0.15) is 0 Å². The zero-order valence-corrected chi connectivity index (χ0v) is 36.1. The third kappa shape index (κ3) is 14.4. The van der Waals surface area contributed by atoms with Crippen LogP contribution in [0.4, 0.5) is 4.79 Å². The molecule has 5 fully saturated rings. The molecule has 0 bridgehead atoms. The molecule has 7 heteroatoms. The largest absolute Gasteiger partial charge is 0.444 e. The minimum atomic E-state index is -0.421. The average Bonchev–Trinajstić information content (AvgIpc) is 4.14. The maximum absolute atomic E-state index is 12.1. The molecule has 6 atom stereocenters. The normalized spacial score (nSPS) is 26.4. The van der Waals surface area contributed by atoms with Crippen LogP contribution in [-0.2, 0) is 4.74 Å². The van der Waals surface area contributed by atoms with E-state index in [-0.39, 0.29) is 6.09 Å². The molecule has 0 radical (unpaired) electrons. The molecule has 2 aliphatic heterocycles. The van der Waals surface area contributed by atoms with E-state index >= 15 is 0 Å². The predicted molar refractivity (Wildman–Crippen MR) is 243 cm³/mol. The van der Waals surface area contributed by atoms with Crippen LogP contribution in [0.3, 0.4) is 0 Å². The highest BCUT2D eigenvalue weighted by molar-refractivity contribution is 5.68. The van der Waals surface area contributed by atoms with E-state index in [1.165, 1.54) is 72.2 Å². The second-order valence-electron chi connectivity index (χ2n) is 18.4. The summed E-state index contributed by atoms with van der Waals surface area (Å²) in [5.74, 6) is 2.05. The number of carbonyl (C=O) groups excluding carboxylic acids is 1. The van der Waals surface area contributed by atoms with E-state index in [1.807, 2.05) is 31.7 Å². The lowest BCUT2D eigenvalue weighted by Gasteiger charge is -2.34. The number of hydrogen-bond donors (Lipinski definition) is 4. The highest BCUT2D eigenvalue weighted by Crippen LogP contribution is 2.40. The van der Waals surface area contributed by atoms with Gasteiger partial charge in [0.1, 0.15) is 5.60 Å². The molecule has 3 aromatic carbocycles. The Morgan fingerprint density at radius 3 is 1.40 bits per heavy atom. The minimum Gasteiger partial charge on any atom is -0.444 e. The highest BCUT2D eigenvalue weighted by Gasteiger charge is 2.41. The van der Waals surface area contributed by atoms with Crippen molar-refractivity contribution >= 4 is 24.3 Å². The second kappa shape index (κ2) is 20.8. The number of rotatable bonds is 10. The van der Waals surface area contributed by atoms with Gasteiger partial charge in [0.15, 0.2) is 0 Å². The van der Waals surface area contributed by atoms with Crippen LogP contribution in [0.25, 0.3) is 18.2 Å². The van der Waals surface area contributed by atoms with E-state index in [0.717, 1.165) is 50.4 Å². The van der Waals surface area contributed by atoms with Crippen LogP contribution >= 0.6 is 0 Å². The SMILES string of the molecule is C/C(=C\c1ccccc1)C1CC1N.C/C(=C\c1ccccc1)C1CC1NC1CCN(C(=O)OC(C)(C)C)CC1.C/C(=C\c1ccccc1)C1CC1NC1CCNCC1. The van der Waals surface area contributed by atoms with Crippen LogP contribution in [0, 0.1) is 17.8 Å². The molecule has 5 N–H and O–H groups in total. The fourth-order valence-electron chi connectivity index (χ4n) is 8.41. The number of piperidine rings is 2. The van der Waals surface area contributed by atoms with Gasteiger partial charge in [-0.25, -0.2) is 4.79 Å². The fourth-order valence-corrected chi connectivity index (χ4v) is 8.41.